The second-order valence-corrected chi connectivity index (χ2v) is 5.72. The smallest absolute Gasteiger partial charge is 0.0831 e. The minimum atomic E-state index is 0. The highest BCUT2D eigenvalue weighted by molar-refractivity contribution is 6.03. The van der Waals surface area contributed by atoms with Crippen LogP contribution in [0.1, 0.15) is 23.6 Å². The van der Waals surface area contributed by atoms with E-state index >= 15 is 0 Å². The van der Waals surface area contributed by atoms with Crippen LogP contribution in [0.2, 0.25) is 0 Å². The molecule has 3 aromatic carbocycles. The lowest BCUT2D eigenvalue weighted by Crippen LogP contribution is -2.18. The first kappa shape index (κ1) is 16.0. The van der Waals surface area contributed by atoms with E-state index in [4.69, 9.17) is 5.10 Å². The molecule has 2 N–H and O–H groups in total. The van der Waals surface area contributed by atoms with Crippen molar-refractivity contribution >= 4 is 11.4 Å². The molecule has 0 bridgehead atoms. The monoisotopic (exact) mass is 316 g/mol. The third-order valence-corrected chi connectivity index (χ3v) is 4.22. The lowest BCUT2D eigenvalue weighted by Gasteiger charge is -2.23. The normalized spacial score (nSPS) is 16.4. The molecule has 1 aliphatic rings. The van der Waals surface area contributed by atoms with E-state index in [1.165, 1.54) is 11.1 Å². The zero-order chi connectivity index (χ0) is 15.5. The van der Waals surface area contributed by atoms with Crippen molar-refractivity contribution in [2.24, 2.45) is 5.10 Å². The molecule has 1 heterocycles. The molecular formula is C21H20N2O. The molecule has 120 valence electrons. The van der Waals surface area contributed by atoms with E-state index in [0.29, 0.717) is 0 Å². The number of benzene rings is 3. The largest absolute Gasteiger partial charge is 0.412 e. The summed E-state index contributed by atoms with van der Waals surface area (Å²) in [6, 6.07) is 31.7. The molecule has 3 heteroatoms. The predicted octanol–water partition coefficient (Wildman–Crippen LogP) is 4.22. The molecule has 3 aromatic rings. The number of hydrogen-bond donors (Lipinski definition) is 0. The average molecular weight is 316 g/mol. The Bertz CT molecular complexity index is 801. The second-order valence-electron chi connectivity index (χ2n) is 5.72. The number of rotatable bonds is 3. The van der Waals surface area contributed by atoms with Crippen LogP contribution in [-0.4, -0.2) is 11.2 Å². The van der Waals surface area contributed by atoms with Crippen molar-refractivity contribution in [1.82, 2.24) is 0 Å². The van der Waals surface area contributed by atoms with Gasteiger partial charge in [-0.3, -0.25) is 5.01 Å². The molecule has 0 aliphatic carbocycles. The van der Waals surface area contributed by atoms with Crippen molar-refractivity contribution in [2.75, 3.05) is 5.01 Å². The predicted molar refractivity (Wildman–Crippen MR) is 99.3 cm³/mol. The SMILES string of the molecule is O.c1ccc(C2=NN(c3ccccc3)C(c3ccccc3)C2)cc1. The zero-order valence-electron chi connectivity index (χ0n) is 13.3. The number of hydrogen-bond acceptors (Lipinski definition) is 2. The highest BCUT2D eigenvalue weighted by Gasteiger charge is 2.29. The molecular weight excluding hydrogens is 296 g/mol. The van der Waals surface area contributed by atoms with Gasteiger partial charge < -0.3 is 5.48 Å². The summed E-state index contributed by atoms with van der Waals surface area (Å²) in [5.41, 5.74) is 4.77. The van der Waals surface area contributed by atoms with Crippen molar-refractivity contribution in [3.8, 4) is 0 Å². The van der Waals surface area contributed by atoms with E-state index in [2.05, 4.69) is 83.9 Å². The van der Waals surface area contributed by atoms with Gasteiger partial charge in [0.1, 0.15) is 0 Å². The van der Waals surface area contributed by atoms with Crippen LogP contribution < -0.4 is 5.01 Å². The molecule has 1 aliphatic heterocycles. The van der Waals surface area contributed by atoms with Gasteiger partial charge in [-0.05, 0) is 23.3 Å². The summed E-state index contributed by atoms with van der Waals surface area (Å²) in [5.74, 6) is 0. The Kier molecular flexibility index (Phi) is 4.73. The van der Waals surface area contributed by atoms with Gasteiger partial charge in [0.2, 0.25) is 0 Å². The fourth-order valence-corrected chi connectivity index (χ4v) is 3.07. The van der Waals surface area contributed by atoms with E-state index < -0.39 is 0 Å². The summed E-state index contributed by atoms with van der Waals surface area (Å²) in [6.07, 6.45) is 0.920. The first-order valence-corrected chi connectivity index (χ1v) is 7.94. The molecule has 0 fully saturated rings. The molecule has 0 saturated heterocycles. The zero-order valence-corrected chi connectivity index (χ0v) is 13.3. The molecule has 4 rings (SSSR count). The summed E-state index contributed by atoms with van der Waals surface area (Å²) < 4.78 is 0. The van der Waals surface area contributed by atoms with Crippen LogP contribution >= 0.6 is 0 Å². The third kappa shape index (κ3) is 3.07. The Balaban J connectivity index is 0.00000169. The van der Waals surface area contributed by atoms with Gasteiger partial charge in [-0.25, -0.2) is 0 Å². The van der Waals surface area contributed by atoms with Crippen LogP contribution in [0, 0.1) is 0 Å². The number of hydrazone groups is 1. The summed E-state index contributed by atoms with van der Waals surface area (Å²) >= 11 is 0. The molecule has 1 atom stereocenters. The van der Waals surface area contributed by atoms with Crippen LogP contribution in [0.4, 0.5) is 5.69 Å². The highest BCUT2D eigenvalue weighted by Crippen LogP contribution is 2.36. The van der Waals surface area contributed by atoms with E-state index in [9.17, 15) is 0 Å². The molecule has 0 saturated carbocycles. The fourth-order valence-electron chi connectivity index (χ4n) is 3.07. The number of anilines is 1. The maximum absolute atomic E-state index is 4.94. The van der Waals surface area contributed by atoms with Gasteiger partial charge in [-0.15, -0.1) is 0 Å². The molecule has 3 nitrogen and oxygen atoms in total. The van der Waals surface area contributed by atoms with E-state index in [1.807, 2.05) is 12.1 Å². The Morgan fingerprint density at radius 1 is 0.708 bits per heavy atom. The summed E-state index contributed by atoms with van der Waals surface area (Å²) in [5, 5.41) is 7.09. The van der Waals surface area contributed by atoms with Crippen molar-refractivity contribution in [3.63, 3.8) is 0 Å². The first-order chi connectivity index (χ1) is 11.4. The van der Waals surface area contributed by atoms with Gasteiger partial charge >= 0.3 is 0 Å². The Morgan fingerprint density at radius 2 is 1.25 bits per heavy atom. The Labute approximate surface area is 142 Å². The molecule has 0 spiro atoms. The fraction of sp³-hybridized carbons (Fsp3) is 0.0952. The van der Waals surface area contributed by atoms with E-state index in [-0.39, 0.29) is 11.5 Å². The van der Waals surface area contributed by atoms with Gasteiger partial charge in [-0.1, -0.05) is 78.9 Å². The minimum Gasteiger partial charge on any atom is -0.412 e. The topological polar surface area (TPSA) is 47.1 Å². The first-order valence-electron chi connectivity index (χ1n) is 7.94. The van der Waals surface area contributed by atoms with Gasteiger partial charge in [-0.2, -0.15) is 5.10 Å². The van der Waals surface area contributed by atoms with Crippen LogP contribution in [-0.2, 0) is 0 Å². The molecule has 24 heavy (non-hydrogen) atoms. The molecule has 1 unspecified atom stereocenters. The Morgan fingerprint density at radius 3 is 1.88 bits per heavy atom. The maximum atomic E-state index is 4.94. The number of para-hydroxylation sites is 1. The van der Waals surface area contributed by atoms with Crippen LogP contribution in [0.5, 0.6) is 0 Å². The highest BCUT2D eigenvalue weighted by atomic mass is 16.0. The van der Waals surface area contributed by atoms with Crippen LogP contribution in [0.25, 0.3) is 0 Å². The lowest BCUT2D eigenvalue weighted by molar-refractivity contribution is 0.709. The van der Waals surface area contributed by atoms with Gasteiger partial charge in [0.25, 0.3) is 0 Å². The third-order valence-electron chi connectivity index (χ3n) is 4.22. The molecule has 0 radical (unpaired) electrons. The van der Waals surface area contributed by atoms with Crippen molar-refractivity contribution in [2.45, 2.75) is 12.5 Å². The maximum Gasteiger partial charge on any atom is 0.0831 e. The van der Waals surface area contributed by atoms with Gasteiger partial charge in [0, 0.05) is 6.42 Å². The van der Waals surface area contributed by atoms with E-state index in [0.717, 1.165) is 17.8 Å². The quantitative estimate of drug-likeness (QED) is 0.713. The minimum absolute atomic E-state index is 0. The average Bonchev–Trinajstić information content (AvgIpc) is 3.09. The van der Waals surface area contributed by atoms with Crippen LogP contribution in [0.3, 0.4) is 0 Å². The second kappa shape index (κ2) is 7.11. The summed E-state index contributed by atoms with van der Waals surface area (Å²) in [4.78, 5) is 0. The number of nitrogens with zero attached hydrogens (tertiary/aromatic N) is 2. The van der Waals surface area contributed by atoms with Crippen molar-refractivity contribution < 1.29 is 5.48 Å². The molecule has 0 aromatic heterocycles. The summed E-state index contributed by atoms with van der Waals surface area (Å²) in [6.45, 7) is 0. The standard InChI is InChI=1S/C21H18N2.H2O/c1-4-10-17(11-5-1)20-16-21(18-12-6-2-7-13-18)23(22-20)19-14-8-3-9-15-19;/h1-15,21H,16H2;1H2. The van der Waals surface area contributed by atoms with Crippen LogP contribution in [0.15, 0.2) is 96.1 Å². The van der Waals surface area contributed by atoms with Gasteiger partial charge in [0.05, 0.1) is 17.4 Å². The lowest BCUT2D eigenvalue weighted by atomic mass is 9.98. The Hall–Kier alpha value is -2.91. The van der Waals surface area contributed by atoms with E-state index in [1.54, 1.807) is 0 Å². The summed E-state index contributed by atoms with van der Waals surface area (Å²) in [7, 11) is 0. The van der Waals surface area contributed by atoms with Crippen molar-refractivity contribution in [1.29, 1.82) is 0 Å². The van der Waals surface area contributed by atoms with Crippen molar-refractivity contribution in [3.05, 3.63) is 102 Å². The molecule has 0 amide bonds. The van der Waals surface area contributed by atoms with Gasteiger partial charge in [0.15, 0.2) is 0 Å².